The number of carbonyl (C=O) groups is 3. The summed E-state index contributed by atoms with van der Waals surface area (Å²) in [6.45, 7) is 10.2. The van der Waals surface area contributed by atoms with Crippen LogP contribution in [0, 0.1) is 11.3 Å². The molecule has 4 aromatic carbocycles. The second-order valence-corrected chi connectivity index (χ2v) is 14.2. The van der Waals surface area contributed by atoms with Gasteiger partial charge in [-0.05, 0) is 64.6 Å². The molecule has 2 heterocycles. The molecule has 2 aliphatic heterocycles. The van der Waals surface area contributed by atoms with Crippen molar-refractivity contribution in [1.82, 2.24) is 19.6 Å². The lowest BCUT2D eigenvalue weighted by Crippen LogP contribution is -2.56. The molecule has 6 rings (SSSR count). The van der Waals surface area contributed by atoms with Crippen LogP contribution in [-0.2, 0) is 40.3 Å². The van der Waals surface area contributed by atoms with Crippen molar-refractivity contribution in [3.05, 3.63) is 143 Å². The summed E-state index contributed by atoms with van der Waals surface area (Å²) in [5.74, 6) is -0.162. The average Bonchev–Trinajstić information content (AvgIpc) is 3.22. The van der Waals surface area contributed by atoms with Crippen molar-refractivity contribution in [2.45, 2.75) is 45.8 Å². The van der Waals surface area contributed by atoms with Crippen LogP contribution in [0.5, 0.6) is 0 Å². The Bertz CT molecular complexity index is 1920. The number of rotatable bonds is 12. The fourth-order valence-corrected chi connectivity index (χ4v) is 7.21. The Labute approximate surface area is 319 Å². The molecule has 0 unspecified atom stereocenters. The van der Waals surface area contributed by atoms with Gasteiger partial charge in [-0.15, -0.1) is 0 Å². The summed E-state index contributed by atoms with van der Waals surface area (Å²) in [5, 5.41) is 9.17. The molecule has 0 aliphatic carbocycles. The van der Waals surface area contributed by atoms with Gasteiger partial charge in [-0.2, -0.15) is 5.26 Å². The van der Waals surface area contributed by atoms with Crippen molar-refractivity contribution in [3.8, 4) is 6.07 Å². The molecule has 54 heavy (non-hydrogen) atoms. The number of hydrogen-bond donors (Lipinski definition) is 0. The molecule has 0 N–H and O–H groups in total. The SMILES string of the molecule is CCc1ccc(C=CC(=O)N(Cc2ccc(N3CCN(C(C)=O)CC3)cc2)[C@@H](Cc2ccccc2)C(=O)N2CCN(Cc3ccc(C#N)cc3)CC2)cc1. The van der Waals surface area contributed by atoms with Gasteiger partial charge in [0.25, 0.3) is 0 Å². The predicted molar refractivity (Wildman–Crippen MR) is 213 cm³/mol. The van der Waals surface area contributed by atoms with Crippen molar-refractivity contribution in [1.29, 1.82) is 5.26 Å². The smallest absolute Gasteiger partial charge is 0.247 e. The standard InChI is InChI=1S/C45H50N6O3/c1-3-36-9-11-37(12-10-36)19-22-44(53)51(34-41-17-20-42(21-18-41)49-29-27-48(28-30-49)35(2)52)43(31-38-7-5-4-6-8-38)45(54)50-25-23-47(24-26-50)33-40-15-13-39(32-46)14-16-40/h4-22,43H,3,23-31,33-34H2,1-2H3/t43-/m0/s1. The van der Waals surface area contributed by atoms with Crippen LogP contribution in [0.1, 0.15) is 47.2 Å². The Morgan fingerprint density at radius 2 is 1.33 bits per heavy atom. The van der Waals surface area contributed by atoms with Crippen molar-refractivity contribution in [2.24, 2.45) is 0 Å². The highest BCUT2D eigenvalue weighted by atomic mass is 16.2. The first-order chi connectivity index (χ1) is 26.3. The molecular weight excluding hydrogens is 673 g/mol. The zero-order valence-electron chi connectivity index (χ0n) is 31.4. The summed E-state index contributed by atoms with van der Waals surface area (Å²) in [4.78, 5) is 51.0. The second kappa shape index (κ2) is 18.4. The molecule has 0 saturated carbocycles. The highest BCUT2D eigenvalue weighted by Gasteiger charge is 2.34. The number of benzene rings is 4. The van der Waals surface area contributed by atoms with Crippen molar-refractivity contribution in [3.63, 3.8) is 0 Å². The number of amides is 3. The van der Waals surface area contributed by atoms with Gasteiger partial charge in [-0.3, -0.25) is 19.3 Å². The third kappa shape index (κ3) is 10.0. The highest BCUT2D eigenvalue weighted by molar-refractivity contribution is 5.96. The van der Waals surface area contributed by atoms with Gasteiger partial charge in [-0.1, -0.05) is 85.8 Å². The van der Waals surface area contributed by atoms with E-state index < -0.39 is 6.04 Å². The number of anilines is 1. The minimum absolute atomic E-state index is 0.0501. The average molecular weight is 723 g/mol. The molecule has 2 fully saturated rings. The minimum Gasteiger partial charge on any atom is -0.368 e. The Morgan fingerprint density at radius 3 is 1.94 bits per heavy atom. The van der Waals surface area contributed by atoms with E-state index in [2.05, 4.69) is 47.1 Å². The van der Waals surface area contributed by atoms with E-state index in [1.165, 1.54) is 5.56 Å². The Balaban J connectivity index is 1.23. The molecule has 0 radical (unpaired) electrons. The number of hydrogen-bond acceptors (Lipinski definition) is 6. The van der Waals surface area contributed by atoms with E-state index in [9.17, 15) is 14.4 Å². The summed E-state index contributed by atoms with van der Waals surface area (Å²) < 4.78 is 0. The second-order valence-electron chi connectivity index (χ2n) is 14.2. The van der Waals surface area contributed by atoms with E-state index in [1.807, 2.05) is 94.7 Å². The first-order valence-electron chi connectivity index (χ1n) is 19.0. The van der Waals surface area contributed by atoms with Crippen LogP contribution < -0.4 is 4.90 Å². The van der Waals surface area contributed by atoms with Crippen molar-refractivity contribution >= 4 is 29.5 Å². The van der Waals surface area contributed by atoms with E-state index in [1.54, 1.807) is 17.9 Å². The van der Waals surface area contributed by atoms with Gasteiger partial charge in [0.05, 0.1) is 11.6 Å². The fourth-order valence-electron chi connectivity index (χ4n) is 7.21. The van der Waals surface area contributed by atoms with Crippen LogP contribution in [0.4, 0.5) is 5.69 Å². The van der Waals surface area contributed by atoms with Crippen molar-refractivity contribution in [2.75, 3.05) is 57.3 Å². The number of nitriles is 1. The molecule has 0 bridgehead atoms. The van der Waals surface area contributed by atoms with Crippen LogP contribution in [0.15, 0.2) is 109 Å². The van der Waals surface area contributed by atoms with E-state index in [4.69, 9.17) is 5.26 Å². The van der Waals surface area contributed by atoms with Crippen LogP contribution in [0.2, 0.25) is 0 Å². The zero-order valence-corrected chi connectivity index (χ0v) is 31.4. The molecule has 0 aromatic heterocycles. The van der Waals surface area contributed by atoms with Crippen molar-refractivity contribution < 1.29 is 14.4 Å². The molecule has 0 spiro atoms. The third-order valence-corrected chi connectivity index (χ3v) is 10.6. The summed E-state index contributed by atoms with van der Waals surface area (Å²) >= 11 is 0. The maximum Gasteiger partial charge on any atom is 0.247 e. The molecule has 9 nitrogen and oxygen atoms in total. The minimum atomic E-state index is -0.712. The van der Waals surface area contributed by atoms with Gasteiger partial charge in [0.1, 0.15) is 6.04 Å². The highest BCUT2D eigenvalue weighted by Crippen LogP contribution is 2.22. The van der Waals surface area contributed by atoms with E-state index in [-0.39, 0.29) is 24.3 Å². The summed E-state index contributed by atoms with van der Waals surface area (Å²) in [5.41, 5.74) is 6.94. The molecule has 278 valence electrons. The first-order valence-corrected chi connectivity index (χ1v) is 19.0. The Hall–Kier alpha value is -5.72. The van der Waals surface area contributed by atoms with Gasteiger partial charge < -0.3 is 19.6 Å². The zero-order chi connectivity index (χ0) is 37.9. The monoisotopic (exact) mass is 722 g/mol. The van der Waals surface area contributed by atoms with E-state index >= 15 is 0 Å². The first kappa shape index (κ1) is 38.0. The van der Waals surface area contributed by atoms with Gasteiger partial charge in [-0.25, -0.2) is 0 Å². The van der Waals surface area contributed by atoms with Crippen LogP contribution in [0.3, 0.4) is 0 Å². The van der Waals surface area contributed by atoms with Crippen LogP contribution >= 0.6 is 0 Å². The molecule has 4 aromatic rings. The molecule has 9 heteroatoms. The topological polar surface area (TPSA) is 91.2 Å². The lowest BCUT2D eigenvalue weighted by molar-refractivity contribution is -0.145. The molecule has 2 aliphatic rings. The third-order valence-electron chi connectivity index (χ3n) is 10.6. The van der Waals surface area contributed by atoms with E-state index in [0.29, 0.717) is 51.3 Å². The van der Waals surface area contributed by atoms with Gasteiger partial charge in [0.2, 0.25) is 17.7 Å². The van der Waals surface area contributed by atoms with E-state index in [0.717, 1.165) is 54.0 Å². The molecule has 1 atom stereocenters. The normalized spacial score (nSPS) is 15.5. The maximum absolute atomic E-state index is 14.7. The quantitative estimate of drug-likeness (QED) is 0.172. The lowest BCUT2D eigenvalue weighted by Gasteiger charge is -2.39. The summed E-state index contributed by atoms with van der Waals surface area (Å²) in [6.07, 6.45) is 4.78. The fraction of sp³-hybridized carbons (Fsp3) is 0.333. The van der Waals surface area contributed by atoms with Gasteiger partial charge >= 0.3 is 0 Å². The molecule has 3 amide bonds. The number of piperazine rings is 2. The van der Waals surface area contributed by atoms with Gasteiger partial charge in [0.15, 0.2) is 0 Å². The maximum atomic E-state index is 14.7. The largest absolute Gasteiger partial charge is 0.368 e. The Morgan fingerprint density at radius 1 is 0.722 bits per heavy atom. The summed E-state index contributed by atoms with van der Waals surface area (Å²) in [7, 11) is 0. The van der Waals surface area contributed by atoms with Gasteiger partial charge in [0, 0.05) is 90.6 Å². The predicted octanol–water partition coefficient (Wildman–Crippen LogP) is 5.79. The number of carbonyl (C=O) groups excluding carboxylic acids is 3. The van der Waals surface area contributed by atoms with Crippen LogP contribution in [-0.4, -0.2) is 95.7 Å². The summed E-state index contributed by atoms with van der Waals surface area (Å²) in [6, 6.07) is 35.5. The van der Waals surface area contributed by atoms with Crippen LogP contribution in [0.25, 0.3) is 6.08 Å². The number of aryl methyl sites for hydroxylation is 1. The lowest BCUT2D eigenvalue weighted by atomic mass is 10.0. The molecular formula is C45H50N6O3. The number of nitrogens with zero attached hydrogens (tertiary/aromatic N) is 6. The molecule has 2 saturated heterocycles. The Kier molecular flexibility index (Phi) is 12.9.